The number of hydrogen-bond donors (Lipinski definition) is 2. The van der Waals surface area contributed by atoms with Gasteiger partial charge in [0.05, 0.1) is 40.6 Å². The second-order valence-corrected chi connectivity index (χ2v) is 18.5. The molecule has 0 aliphatic carbocycles. The fourth-order valence-corrected chi connectivity index (χ4v) is 9.47. The van der Waals surface area contributed by atoms with Crippen LogP contribution in [0.25, 0.3) is 22.2 Å². The molecule has 4 aromatic carbocycles. The van der Waals surface area contributed by atoms with Crippen molar-refractivity contribution in [1.82, 2.24) is 23.5 Å². The summed E-state index contributed by atoms with van der Waals surface area (Å²) < 4.78 is 83.7. The Bertz CT molecular complexity index is 2790. The number of halogens is 3. The van der Waals surface area contributed by atoms with Crippen LogP contribution in [-0.2, 0) is 25.9 Å². The van der Waals surface area contributed by atoms with Crippen molar-refractivity contribution in [3.63, 3.8) is 0 Å². The van der Waals surface area contributed by atoms with Gasteiger partial charge in [-0.05, 0) is 105 Å². The van der Waals surface area contributed by atoms with E-state index in [1.54, 1.807) is 65.9 Å². The zero-order chi connectivity index (χ0) is 43.6. The normalized spacial score (nSPS) is 15.8. The first-order valence-electron chi connectivity index (χ1n) is 20.3. The van der Waals surface area contributed by atoms with E-state index in [-0.39, 0.29) is 52.8 Å². The molecule has 16 heteroatoms. The molecule has 1 saturated heterocycles. The highest BCUT2D eigenvalue weighted by Crippen LogP contribution is 2.39. The van der Waals surface area contributed by atoms with E-state index in [1.165, 1.54) is 36.5 Å². The molecular formula is C46H46BrF2N5O7S. The van der Waals surface area contributed by atoms with Crippen LogP contribution in [0.15, 0.2) is 125 Å². The molecule has 0 saturated carbocycles. The van der Waals surface area contributed by atoms with Gasteiger partial charge >= 0.3 is 0 Å². The van der Waals surface area contributed by atoms with Gasteiger partial charge in [-0.2, -0.15) is 10.2 Å². The minimum atomic E-state index is -4.10. The average molecular weight is 931 g/mol. The van der Waals surface area contributed by atoms with Crippen LogP contribution in [0.4, 0.5) is 8.78 Å². The predicted molar refractivity (Wildman–Crippen MR) is 233 cm³/mol. The molecule has 3 atom stereocenters. The fraction of sp³-hybridized carbons (Fsp3) is 0.304. The van der Waals surface area contributed by atoms with Crippen LogP contribution in [0, 0.1) is 11.6 Å². The molecule has 2 N–H and O–H groups in total. The summed E-state index contributed by atoms with van der Waals surface area (Å²) in [5, 5.41) is 29.5. The highest BCUT2D eigenvalue weighted by atomic mass is 79.9. The Balaban J connectivity index is 1.14. The minimum absolute atomic E-state index is 0.0490. The van der Waals surface area contributed by atoms with E-state index in [9.17, 15) is 18.6 Å². The van der Waals surface area contributed by atoms with Crippen molar-refractivity contribution in [2.45, 2.75) is 74.8 Å². The van der Waals surface area contributed by atoms with Crippen molar-refractivity contribution in [3.8, 4) is 22.8 Å². The van der Waals surface area contributed by atoms with Gasteiger partial charge in [0.15, 0.2) is 11.6 Å². The smallest absolute Gasteiger partial charge is 0.268 e. The molecule has 7 aromatic rings. The SMILES string of the molecule is CC(C)(OCCC(c1cccc(Br)c1)n1ccc(-c2cc(Oc3c(F)cc4c(ccn4S(=O)(=O)c4ccccc4)c3Cc3cnn(C4CCCCO4)c3)ccc2F)n1)C(O)CO. The summed E-state index contributed by atoms with van der Waals surface area (Å²) in [7, 11) is -4.10. The van der Waals surface area contributed by atoms with E-state index in [0.717, 1.165) is 44.9 Å². The molecule has 0 bridgehead atoms. The lowest BCUT2D eigenvalue weighted by Gasteiger charge is -2.30. The fourth-order valence-electron chi connectivity index (χ4n) is 7.69. The Kier molecular flexibility index (Phi) is 12.8. The Morgan fingerprint density at radius 2 is 1.81 bits per heavy atom. The number of aliphatic hydroxyl groups is 2. The summed E-state index contributed by atoms with van der Waals surface area (Å²) in [6.07, 6.45) is 8.68. The number of aliphatic hydroxyl groups excluding tert-OH is 2. The third-order valence-corrected chi connectivity index (χ3v) is 13.4. The Morgan fingerprint density at radius 3 is 2.56 bits per heavy atom. The molecular weight excluding hydrogens is 885 g/mol. The standard InChI is InChI=1S/C46H46BrF2N5O7S/c1-46(2,43(56)29-55)60-22-18-41(31-9-8-10-32(47)24-31)52-19-17-40(51-52)37-25-33(14-15-38(37)48)61-45-36(23-30-27-50-53(28-30)44-13-6-7-21-59-44)35-16-20-54(42(35)26-39(45)49)62(57,58)34-11-4-3-5-12-34/h3-5,8-12,14-17,19-20,24-28,41,43-44,55-56H,6-7,13,18,21-23,29H2,1-2H3. The van der Waals surface area contributed by atoms with E-state index in [1.807, 2.05) is 30.5 Å². The minimum Gasteiger partial charge on any atom is -0.454 e. The van der Waals surface area contributed by atoms with Crippen molar-refractivity contribution in [3.05, 3.63) is 149 Å². The second kappa shape index (κ2) is 18.2. The predicted octanol–water partition coefficient (Wildman–Crippen LogP) is 9.19. The van der Waals surface area contributed by atoms with Gasteiger partial charge in [-0.1, -0.05) is 46.3 Å². The van der Waals surface area contributed by atoms with Crippen LogP contribution in [0.3, 0.4) is 0 Å². The maximum Gasteiger partial charge on any atom is 0.268 e. The second-order valence-electron chi connectivity index (χ2n) is 15.8. The average Bonchev–Trinajstić information content (AvgIpc) is 4.06. The maximum atomic E-state index is 16.6. The molecule has 3 aromatic heterocycles. The molecule has 8 rings (SSSR count). The number of ether oxygens (including phenoxy) is 3. The lowest BCUT2D eigenvalue weighted by Crippen LogP contribution is -2.41. The largest absolute Gasteiger partial charge is 0.454 e. The van der Waals surface area contributed by atoms with Crippen molar-refractivity contribution in [1.29, 1.82) is 0 Å². The molecule has 1 aliphatic rings. The van der Waals surface area contributed by atoms with Gasteiger partial charge in [-0.15, -0.1) is 0 Å². The zero-order valence-corrected chi connectivity index (χ0v) is 36.5. The van der Waals surface area contributed by atoms with Crippen LogP contribution in [-0.4, -0.2) is 73.7 Å². The van der Waals surface area contributed by atoms with Gasteiger partial charge in [0.1, 0.15) is 23.9 Å². The third-order valence-electron chi connectivity index (χ3n) is 11.2. The van der Waals surface area contributed by atoms with Crippen LogP contribution in [0.1, 0.15) is 68.5 Å². The Labute approximate surface area is 366 Å². The molecule has 1 aliphatic heterocycles. The Morgan fingerprint density at radius 1 is 0.984 bits per heavy atom. The van der Waals surface area contributed by atoms with Crippen molar-refractivity contribution in [2.24, 2.45) is 0 Å². The molecule has 62 heavy (non-hydrogen) atoms. The van der Waals surface area contributed by atoms with Crippen molar-refractivity contribution >= 4 is 36.9 Å². The molecule has 4 heterocycles. The first-order valence-corrected chi connectivity index (χ1v) is 22.5. The quantitative estimate of drug-likeness (QED) is 0.0970. The molecule has 0 spiro atoms. The van der Waals surface area contributed by atoms with Gasteiger partial charge < -0.3 is 24.4 Å². The summed E-state index contributed by atoms with van der Waals surface area (Å²) in [6, 6.07) is 23.8. The van der Waals surface area contributed by atoms with Crippen LogP contribution < -0.4 is 4.74 Å². The maximum absolute atomic E-state index is 16.6. The number of nitrogens with zero attached hydrogens (tertiary/aromatic N) is 5. The van der Waals surface area contributed by atoms with Gasteiger partial charge in [0.2, 0.25) is 0 Å². The van der Waals surface area contributed by atoms with Gasteiger partial charge in [0, 0.05) is 65.3 Å². The number of benzene rings is 4. The first kappa shape index (κ1) is 43.4. The molecule has 1 fully saturated rings. The van der Waals surface area contributed by atoms with Gasteiger partial charge in [0.25, 0.3) is 10.0 Å². The summed E-state index contributed by atoms with van der Waals surface area (Å²) in [5.41, 5.74) is 1.51. The van der Waals surface area contributed by atoms with E-state index in [0.29, 0.717) is 29.7 Å². The van der Waals surface area contributed by atoms with Crippen LogP contribution in [0.5, 0.6) is 11.5 Å². The topological polar surface area (TPSA) is 143 Å². The monoisotopic (exact) mass is 929 g/mol. The molecule has 0 radical (unpaired) electrons. The van der Waals surface area contributed by atoms with E-state index in [4.69, 9.17) is 19.3 Å². The highest BCUT2D eigenvalue weighted by Gasteiger charge is 2.29. The third kappa shape index (κ3) is 9.12. The summed E-state index contributed by atoms with van der Waals surface area (Å²) in [6.45, 7) is 3.79. The molecule has 324 valence electrons. The van der Waals surface area contributed by atoms with Crippen molar-refractivity contribution in [2.75, 3.05) is 19.8 Å². The number of fused-ring (bicyclic) bond motifs is 1. The lowest BCUT2D eigenvalue weighted by molar-refractivity contribution is -0.117. The van der Waals surface area contributed by atoms with Gasteiger partial charge in [-0.3, -0.25) is 4.68 Å². The van der Waals surface area contributed by atoms with Crippen LogP contribution in [0.2, 0.25) is 0 Å². The zero-order valence-electron chi connectivity index (χ0n) is 34.1. The Hall–Kier alpha value is -5.23. The number of aromatic nitrogens is 5. The van der Waals surface area contributed by atoms with Crippen molar-refractivity contribution < 1.29 is 41.6 Å². The summed E-state index contributed by atoms with van der Waals surface area (Å²) in [5.74, 6) is -1.43. The van der Waals surface area contributed by atoms with Crippen LogP contribution >= 0.6 is 15.9 Å². The highest BCUT2D eigenvalue weighted by molar-refractivity contribution is 9.10. The number of rotatable bonds is 16. The first-order chi connectivity index (χ1) is 29.8. The lowest BCUT2D eigenvalue weighted by atomic mass is 10.0. The number of hydrogen-bond acceptors (Lipinski definition) is 9. The van der Waals surface area contributed by atoms with Gasteiger partial charge in [-0.25, -0.2) is 25.9 Å². The van der Waals surface area contributed by atoms with E-state index in [2.05, 4.69) is 21.0 Å². The summed E-state index contributed by atoms with van der Waals surface area (Å²) in [4.78, 5) is 0.0490. The summed E-state index contributed by atoms with van der Waals surface area (Å²) >= 11 is 3.55. The molecule has 0 amide bonds. The molecule has 12 nitrogen and oxygen atoms in total. The van der Waals surface area contributed by atoms with E-state index < -0.39 is 40.0 Å². The van der Waals surface area contributed by atoms with E-state index >= 15 is 8.78 Å². The molecule has 3 unspecified atom stereocenters.